The molecular formula is C20H18BrNO3. The molecule has 4 rings (SSSR count). The molecule has 128 valence electrons. The van der Waals surface area contributed by atoms with Crippen molar-refractivity contribution < 1.29 is 14.3 Å². The molecule has 1 fully saturated rings. The molecule has 0 unspecified atom stereocenters. The van der Waals surface area contributed by atoms with E-state index in [2.05, 4.69) is 15.9 Å². The third-order valence-corrected chi connectivity index (χ3v) is 5.57. The van der Waals surface area contributed by atoms with Crippen molar-refractivity contribution in [2.24, 2.45) is 5.92 Å². The fraction of sp³-hybridized carbons (Fsp3) is 0.300. The van der Waals surface area contributed by atoms with Crippen LogP contribution in [0.2, 0.25) is 0 Å². The highest BCUT2D eigenvalue weighted by Gasteiger charge is 2.70. The number of hydrogen-bond donors (Lipinski definition) is 0. The van der Waals surface area contributed by atoms with E-state index in [1.165, 1.54) is 0 Å². The smallest absolute Gasteiger partial charge is 0.310 e. The Morgan fingerprint density at radius 2 is 2.04 bits per heavy atom. The van der Waals surface area contributed by atoms with Crippen molar-refractivity contribution in [2.75, 3.05) is 11.5 Å². The monoisotopic (exact) mass is 399 g/mol. The number of amides is 1. The molecule has 0 radical (unpaired) electrons. The Bertz CT molecular complexity index is 851. The van der Waals surface area contributed by atoms with Gasteiger partial charge in [0.1, 0.15) is 0 Å². The van der Waals surface area contributed by atoms with Gasteiger partial charge in [-0.15, -0.1) is 0 Å². The third kappa shape index (κ3) is 2.49. The maximum Gasteiger partial charge on any atom is 0.310 e. The summed E-state index contributed by atoms with van der Waals surface area (Å²) in [5, 5.41) is 0. The van der Waals surface area contributed by atoms with Crippen LogP contribution in [0.5, 0.6) is 0 Å². The number of hydrogen-bond acceptors (Lipinski definition) is 3. The molecule has 2 atom stereocenters. The molecule has 2 aromatic rings. The Balaban J connectivity index is 1.73. The Hall–Kier alpha value is -2.14. The number of carbonyl (C=O) groups is 2. The summed E-state index contributed by atoms with van der Waals surface area (Å²) in [6.45, 7) is 2.62. The van der Waals surface area contributed by atoms with E-state index in [-0.39, 0.29) is 17.8 Å². The van der Waals surface area contributed by atoms with Crippen molar-refractivity contribution in [1.29, 1.82) is 0 Å². The summed E-state index contributed by atoms with van der Waals surface area (Å²) in [7, 11) is 0. The van der Waals surface area contributed by atoms with Crippen molar-refractivity contribution in [2.45, 2.75) is 25.3 Å². The maximum absolute atomic E-state index is 13.3. The average molecular weight is 400 g/mol. The van der Waals surface area contributed by atoms with Crippen LogP contribution in [0.3, 0.4) is 0 Å². The normalized spacial score (nSPS) is 23.7. The topological polar surface area (TPSA) is 46.6 Å². The summed E-state index contributed by atoms with van der Waals surface area (Å²) >= 11 is 3.49. The maximum atomic E-state index is 13.3. The van der Waals surface area contributed by atoms with E-state index < -0.39 is 5.41 Å². The quantitative estimate of drug-likeness (QED) is 0.734. The van der Waals surface area contributed by atoms with Crippen molar-refractivity contribution in [3.8, 4) is 0 Å². The molecule has 1 amide bonds. The van der Waals surface area contributed by atoms with Gasteiger partial charge in [0.2, 0.25) is 5.91 Å². The van der Waals surface area contributed by atoms with Crippen molar-refractivity contribution in [3.63, 3.8) is 0 Å². The molecule has 5 heteroatoms. The molecular weight excluding hydrogens is 382 g/mol. The van der Waals surface area contributed by atoms with Crippen LogP contribution in [-0.2, 0) is 26.3 Å². The number of benzene rings is 2. The Morgan fingerprint density at radius 3 is 2.76 bits per heavy atom. The predicted molar refractivity (Wildman–Crippen MR) is 98.2 cm³/mol. The van der Waals surface area contributed by atoms with Crippen molar-refractivity contribution in [1.82, 2.24) is 0 Å². The number of carbonyl (C=O) groups excluding carboxylic acids is 2. The lowest BCUT2D eigenvalue weighted by Crippen LogP contribution is -2.33. The Kier molecular flexibility index (Phi) is 3.91. The minimum atomic E-state index is -0.750. The molecule has 2 aliphatic rings. The lowest BCUT2D eigenvalue weighted by molar-refractivity contribution is -0.146. The first-order valence-corrected chi connectivity index (χ1v) is 9.19. The van der Waals surface area contributed by atoms with Crippen LogP contribution in [0.15, 0.2) is 53.0 Å². The van der Waals surface area contributed by atoms with Gasteiger partial charge in [-0.3, -0.25) is 9.59 Å². The van der Waals surface area contributed by atoms with Gasteiger partial charge in [-0.05, 0) is 42.7 Å². The Morgan fingerprint density at radius 1 is 1.28 bits per heavy atom. The van der Waals surface area contributed by atoms with E-state index in [1.807, 2.05) is 48.5 Å². The van der Waals surface area contributed by atoms with Crippen molar-refractivity contribution >= 4 is 33.5 Å². The van der Waals surface area contributed by atoms with Gasteiger partial charge >= 0.3 is 5.97 Å². The van der Waals surface area contributed by atoms with E-state index in [0.29, 0.717) is 19.6 Å². The van der Waals surface area contributed by atoms with Gasteiger partial charge in [-0.2, -0.15) is 0 Å². The number of ether oxygens (including phenoxy) is 1. The first-order chi connectivity index (χ1) is 12.1. The Labute approximate surface area is 154 Å². The lowest BCUT2D eigenvalue weighted by Gasteiger charge is -2.18. The fourth-order valence-corrected chi connectivity index (χ4v) is 4.17. The lowest BCUT2D eigenvalue weighted by atomic mass is 9.95. The van der Waals surface area contributed by atoms with Gasteiger partial charge < -0.3 is 9.64 Å². The number of esters is 1. The van der Waals surface area contributed by atoms with Gasteiger partial charge in [0.25, 0.3) is 0 Å². The second kappa shape index (κ2) is 5.99. The molecule has 2 aromatic carbocycles. The molecule has 1 aliphatic heterocycles. The number of fused-ring (bicyclic) bond motifs is 2. The summed E-state index contributed by atoms with van der Waals surface area (Å²) in [6, 6.07) is 15.8. The average Bonchev–Trinajstić information content (AvgIpc) is 3.33. The third-order valence-electron chi connectivity index (χ3n) is 5.07. The molecule has 1 saturated carbocycles. The highest BCUT2D eigenvalue weighted by molar-refractivity contribution is 9.10. The minimum absolute atomic E-state index is 0.00232. The highest BCUT2D eigenvalue weighted by Crippen LogP contribution is 2.62. The van der Waals surface area contributed by atoms with Crippen molar-refractivity contribution in [3.05, 3.63) is 64.1 Å². The van der Waals surface area contributed by atoms with Crippen LogP contribution in [-0.4, -0.2) is 18.5 Å². The molecule has 0 bridgehead atoms. The van der Waals surface area contributed by atoms with Crippen LogP contribution in [0.25, 0.3) is 0 Å². The van der Waals surface area contributed by atoms with E-state index >= 15 is 0 Å². The summed E-state index contributed by atoms with van der Waals surface area (Å²) in [4.78, 5) is 27.4. The molecule has 1 aliphatic carbocycles. The zero-order chi connectivity index (χ0) is 17.6. The van der Waals surface area contributed by atoms with Crippen LogP contribution in [0.4, 0.5) is 5.69 Å². The zero-order valence-electron chi connectivity index (χ0n) is 13.9. The second-order valence-electron chi connectivity index (χ2n) is 6.52. The van der Waals surface area contributed by atoms with Gasteiger partial charge in [-0.25, -0.2) is 0 Å². The fourth-order valence-electron chi connectivity index (χ4n) is 3.81. The standard InChI is InChI=1S/C20H18BrNO3/c1-2-25-18(23)16-11-20(16)15-10-14(21)8-9-17(15)22(19(20)24)12-13-6-4-3-5-7-13/h3-10,16H,2,11-12H2,1H3/t16-,20+/m0/s1. The van der Waals surface area contributed by atoms with E-state index in [4.69, 9.17) is 4.74 Å². The molecule has 1 spiro atoms. The molecule has 0 N–H and O–H groups in total. The largest absolute Gasteiger partial charge is 0.466 e. The van der Waals surface area contributed by atoms with Gasteiger partial charge in [0, 0.05) is 10.2 Å². The van der Waals surface area contributed by atoms with Gasteiger partial charge in [0.05, 0.1) is 24.5 Å². The van der Waals surface area contributed by atoms with Crippen LogP contribution in [0, 0.1) is 5.92 Å². The van der Waals surface area contributed by atoms with Crippen LogP contribution >= 0.6 is 15.9 Å². The molecule has 1 heterocycles. The first-order valence-electron chi connectivity index (χ1n) is 8.40. The van der Waals surface area contributed by atoms with Crippen LogP contribution < -0.4 is 4.90 Å². The SMILES string of the molecule is CCOC(=O)[C@@H]1C[C@]12C(=O)N(Cc1ccccc1)c1ccc(Br)cc12. The summed E-state index contributed by atoms with van der Waals surface area (Å²) in [6.07, 6.45) is 0.527. The zero-order valence-corrected chi connectivity index (χ0v) is 15.5. The molecule has 0 aromatic heterocycles. The second-order valence-corrected chi connectivity index (χ2v) is 7.43. The predicted octanol–water partition coefficient (Wildman–Crippen LogP) is 3.82. The minimum Gasteiger partial charge on any atom is -0.466 e. The first kappa shape index (κ1) is 16.3. The van der Waals surface area contributed by atoms with E-state index in [9.17, 15) is 9.59 Å². The summed E-state index contributed by atoms with van der Waals surface area (Å²) in [5.74, 6) is -0.653. The number of nitrogens with zero attached hydrogens (tertiary/aromatic N) is 1. The van der Waals surface area contributed by atoms with E-state index in [0.717, 1.165) is 21.3 Å². The van der Waals surface area contributed by atoms with Crippen LogP contribution in [0.1, 0.15) is 24.5 Å². The molecule has 4 nitrogen and oxygen atoms in total. The van der Waals surface area contributed by atoms with E-state index in [1.54, 1.807) is 11.8 Å². The molecule has 25 heavy (non-hydrogen) atoms. The summed E-state index contributed by atoms with van der Waals surface area (Å²) < 4.78 is 6.09. The van der Waals surface area contributed by atoms with Gasteiger partial charge in [0.15, 0.2) is 0 Å². The summed E-state index contributed by atoms with van der Waals surface area (Å²) in [5.41, 5.74) is 2.14. The number of rotatable bonds is 4. The highest BCUT2D eigenvalue weighted by atomic mass is 79.9. The number of anilines is 1. The number of halogens is 1. The van der Waals surface area contributed by atoms with Gasteiger partial charge in [-0.1, -0.05) is 46.3 Å². The molecule has 0 saturated heterocycles.